The summed E-state index contributed by atoms with van der Waals surface area (Å²) in [6.07, 6.45) is 4.69. The lowest BCUT2D eigenvalue weighted by Crippen LogP contribution is -2.46. The van der Waals surface area contributed by atoms with Crippen LogP contribution >= 0.6 is 12.6 Å². The van der Waals surface area contributed by atoms with Crippen LogP contribution in [0.2, 0.25) is 0 Å². The van der Waals surface area contributed by atoms with Gasteiger partial charge in [0.25, 0.3) is 0 Å². The highest BCUT2D eigenvalue weighted by molar-refractivity contribution is 7.81. The van der Waals surface area contributed by atoms with Crippen molar-refractivity contribution in [3.8, 4) is 11.5 Å². The molecule has 1 aromatic carbocycles. The lowest BCUT2D eigenvalue weighted by molar-refractivity contribution is 0.188. The van der Waals surface area contributed by atoms with Crippen molar-refractivity contribution in [2.45, 2.75) is 37.0 Å². The number of methoxy groups -OCH3 is 1. The van der Waals surface area contributed by atoms with Gasteiger partial charge in [0.15, 0.2) is 0 Å². The number of amides is 1. The number of rotatable bonds is 3. The van der Waals surface area contributed by atoms with Crippen LogP contribution in [0.25, 0.3) is 0 Å². The normalized spacial score (nSPS) is 17.6. The number of benzene rings is 1. The van der Waals surface area contributed by atoms with E-state index in [1.807, 2.05) is 0 Å². The molecule has 2 rings (SSSR count). The Morgan fingerprint density at radius 1 is 1.16 bits per heavy atom. The zero-order chi connectivity index (χ0) is 13.7. The van der Waals surface area contributed by atoms with Gasteiger partial charge in [-0.15, -0.1) is 0 Å². The summed E-state index contributed by atoms with van der Waals surface area (Å²) in [6, 6.07) is 6.90. The Hall–Kier alpha value is -1.36. The van der Waals surface area contributed by atoms with E-state index in [0.717, 1.165) is 31.4 Å². The fourth-order valence-corrected chi connectivity index (χ4v) is 2.64. The van der Waals surface area contributed by atoms with E-state index in [9.17, 15) is 4.79 Å². The van der Waals surface area contributed by atoms with Gasteiger partial charge in [0.05, 0.1) is 12.0 Å². The molecule has 104 valence electrons. The molecule has 1 N–H and O–H groups in total. The molecule has 1 amide bonds. The Bertz CT molecular complexity index is 427. The number of nitrogens with one attached hydrogen (secondary N) is 1. The first-order valence-corrected chi connectivity index (χ1v) is 6.92. The first kappa shape index (κ1) is 14.1. The molecule has 4 nitrogen and oxygen atoms in total. The van der Waals surface area contributed by atoms with E-state index in [-0.39, 0.29) is 0 Å². The molecule has 1 aliphatic rings. The molecule has 0 heterocycles. The molecule has 0 radical (unpaired) electrons. The van der Waals surface area contributed by atoms with Crippen molar-refractivity contribution in [3.05, 3.63) is 24.3 Å². The van der Waals surface area contributed by atoms with Gasteiger partial charge in [0, 0.05) is 0 Å². The van der Waals surface area contributed by atoms with E-state index in [0.29, 0.717) is 5.75 Å². The SMILES string of the molecule is COc1ccc(OC(=O)NC2(S)CCCCC2)cc1. The van der Waals surface area contributed by atoms with Crippen LogP contribution in [0.15, 0.2) is 24.3 Å². The summed E-state index contributed by atoms with van der Waals surface area (Å²) in [7, 11) is 1.59. The van der Waals surface area contributed by atoms with Gasteiger partial charge in [0.1, 0.15) is 11.5 Å². The second-order valence-electron chi connectivity index (χ2n) is 4.78. The van der Waals surface area contributed by atoms with Crippen LogP contribution < -0.4 is 14.8 Å². The minimum Gasteiger partial charge on any atom is -0.497 e. The van der Waals surface area contributed by atoms with Crippen LogP contribution in [0.4, 0.5) is 4.79 Å². The first-order chi connectivity index (χ1) is 9.11. The van der Waals surface area contributed by atoms with E-state index in [1.165, 1.54) is 6.42 Å². The van der Waals surface area contributed by atoms with E-state index < -0.39 is 11.0 Å². The molecular formula is C14H19NO3S. The molecule has 0 aromatic heterocycles. The Labute approximate surface area is 118 Å². The summed E-state index contributed by atoms with van der Waals surface area (Å²) in [5.41, 5.74) is 0. The summed E-state index contributed by atoms with van der Waals surface area (Å²) < 4.78 is 10.3. The van der Waals surface area contributed by atoms with Crippen molar-refractivity contribution >= 4 is 18.7 Å². The Morgan fingerprint density at radius 2 is 1.74 bits per heavy atom. The van der Waals surface area contributed by atoms with Crippen LogP contribution in [-0.4, -0.2) is 18.1 Å². The van der Waals surface area contributed by atoms with Crippen molar-refractivity contribution < 1.29 is 14.3 Å². The Kier molecular flexibility index (Phi) is 4.58. The van der Waals surface area contributed by atoms with E-state index in [4.69, 9.17) is 9.47 Å². The molecule has 0 bridgehead atoms. The van der Waals surface area contributed by atoms with Gasteiger partial charge in [-0.25, -0.2) is 4.79 Å². The van der Waals surface area contributed by atoms with E-state index >= 15 is 0 Å². The molecule has 0 saturated heterocycles. The van der Waals surface area contributed by atoms with Gasteiger partial charge < -0.3 is 14.8 Å². The number of thiol groups is 1. The zero-order valence-corrected chi connectivity index (χ0v) is 11.9. The summed E-state index contributed by atoms with van der Waals surface area (Å²) in [5.74, 6) is 1.22. The van der Waals surface area contributed by atoms with Crippen LogP contribution in [0.1, 0.15) is 32.1 Å². The third kappa shape index (κ3) is 4.06. The Balaban J connectivity index is 1.89. The summed E-state index contributed by atoms with van der Waals surface area (Å²) >= 11 is 4.56. The van der Waals surface area contributed by atoms with Crippen LogP contribution in [-0.2, 0) is 0 Å². The standard InChI is InChI=1S/C14H19NO3S/c1-17-11-5-7-12(8-6-11)18-13(16)15-14(19)9-3-2-4-10-14/h5-8,19H,2-4,9-10H2,1H3,(H,15,16). The predicted octanol–water partition coefficient (Wildman–Crippen LogP) is 3.37. The zero-order valence-electron chi connectivity index (χ0n) is 11.0. The topological polar surface area (TPSA) is 47.6 Å². The monoisotopic (exact) mass is 281 g/mol. The minimum atomic E-state index is -0.456. The van der Waals surface area contributed by atoms with Crippen molar-refractivity contribution in [1.82, 2.24) is 5.32 Å². The van der Waals surface area contributed by atoms with Gasteiger partial charge in [-0.2, -0.15) is 12.6 Å². The van der Waals surface area contributed by atoms with Gasteiger partial charge in [-0.3, -0.25) is 0 Å². The maximum atomic E-state index is 11.8. The van der Waals surface area contributed by atoms with Crippen molar-refractivity contribution in [2.75, 3.05) is 7.11 Å². The predicted molar refractivity (Wildman–Crippen MR) is 77.0 cm³/mol. The molecule has 1 fully saturated rings. The molecule has 0 spiro atoms. The molecule has 19 heavy (non-hydrogen) atoms. The summed E-state index contributed by atoms with van der Waals surface area (Å²) in [5, 5.41) is 2.84. The average Bonchev–Trinajstić information content (AvgIpc) is 2.39. The third-order valence-corrected chi connectivity index (χ3v) is 3.84. The van der Waals surface area contributed by atoms with Crippen LogP contribution in [0.5, 0.6) is 11.5 Å². The number of ether oxygens (including phenoxy) is 2. The average molecular weight is 281 g/mol. The number of hydrogen-bond donors (Lipinski definition) is 2. The lowest BCUT2D eigenvalue weighted by atomic mass is 9.95. The summed E-state index contributed by atoms with van der Waals surface area (Å²) in [4.78, 5) is 11.4. The minimum absolute atomic E-state index is 0.429. The smallest absolute Gasteiger partial charge is 0.413 e. The molecule has 1 aliphatic carbocycles. The van der Waals surface area contributed by atoms with E-state index in [2.05, 4.69) is 17.9 Å². The highest BCUT2D eigenvalue weighted by atomic mass is 32.1. The molecular weight excluding hydrogens is 262 g/mol. The highest BCUT2D eigenvalue weighted by Gasteiger charge is 2.30. The molecule has 1 saturated carbocycles. The van der Waals surface area contributed by atoms with Crippen molar-refractivity contribution in [3.63, 3.8) is 0 Å². The maximum Gasteiger partial charge on any atom is 0.413 e. The maximum absolute atomic E-state index is 11.8. The lowest BCUT2D eigenvalue weighted by Gasteiger charge is -2.32. The van der Waals surface area contributed by atoms with E-state index in [1.54, 1.807) is 31.4 Å². The second-order valence-corrected chi connectivity index (χ2v) is 5.64. The van der Waals surface area contributed by atoms with Gasteiger partial charge in [-0.05, 0) is 37.1 Å². The quantitative estimate of drug-likeness (QED) is 0.659. The molecule has 1 aromatic rings. The number of hydrogen-bond acceptors (Lipinski definition) is 4. The van der Waals surface area contributed by atoms with Crippen molar-refractivity contribution in [2.24, 2.45) is 0 Å². The van der Waals surface area contributed by atoms with Crippen LogP contribution in [0.3, 0.4) is 0 Å². The fourth-order valence-electron chi connectivity index (χ4n) is 2.23. The van der Waals surface area contributed by atoms with Gasteiger partial charge in [-0.1, -0.05) is 19.3 Å². The molecule has 5 heteroatoms. The Morgan fingerprint density at radius 3 is 2.32 bits per heavy atom. The van der Waals surface area contributed by atoms with Gasteiger partial charge in [0.2, 0.25) is 0 Å². The number of carbonyl (C=O) groups is 1. The first-order valence-electron chi connectivity index (χ1n) is 6.48. The highest BCUT2D eigenvalue weighted by Crippen LogP contribution is 2.31. The largest absolute Gasteiger partial charge is 0.497 e. The number of carbonyl (C=O) groups excluding carboxylic acids is 1. The molecule has 0 unspecified atom stereocenters. The molecule has 0 aliphatic heterocycles. The van der Waals surface area contributed by atoms with Crippen molar-refractivity contribution in [1.29, 1.82) is 0 Å². The fraction of sp³-hybridized carbons (Fsp3) is 0.500. The summed E-state index contributed by atoms with van der Waals surface area (Å²) in [6.45, 7) is 0. The second kappa shape index (κ2) is 6.19. The van der Waals surface area contributed by atoms with Gasteiger partial charge >= 0.3 is 6.09 Å². The third-order valence-electron chi connectivity index (χ3n) is 3.29. The van der Waals surface area contributed by atoms with Crippen LogP contribution in [0, 0.1) is 0 Å². The molecule has 0 atom stereocenters.